The first-order valence-corrected chi connectivity index (χ1v) is 7.24. The number of pyridine rings is 1. The highest BCUT2D eigenvalue weighted by molar-refractivity contribution is 9.10. The van der Waals surface area contributed by atoms with Gasteiger partial charge >= 0.3 is 0 Å². The van der Waals surface area contributed by atoms with E-state index >= 15 is 0 Å². The molecule has 0 bridgehead atoms. The number of anilines is 1. The second-order valence-electron chi connectivity index (χ2n) is 4.81. The lowest BCUT2D eigenvalue weighted by molar-refractivity contribution is 0.101. The van der Waals surface area contributed by atoms with Crippen LogP contribution in [0.2, 0.25) is 0 Å². The van der Waals surface area contributed by atoms with Gasteiger partial charge in [-0.15, -0.1) is 0 Å². The van der Waals surface area contributed by atoms with Gasteiger partial charge in [0.15, 0.2) is 5.78 Å². The molecule has 0 aliphatic carbocycles. The average molecular weight is 333 g/mol. The van der Waals surface area contributed by atoms with Gasteiger partial charge in [-0.3, -0.25) is 9.78 Å². The average Bonchev–Trinajstić information content (AvgIpc) is 2.36. The highest BCUT2D eigenvalue weighted by Crippen LogP contribution is 2.21. The van der Waals surface area contributed by atoms with Gasteiger partial charge in [-0.1, -0.05) is 28.1 Å². The molecule has 2 rings (SSSR count). The lowest BCUT2D eigenvalue weighted by Gasteiger charge is -2.13. The molecular weight excluding hydrogens is 316 g/mol. The molecule has 0 atom stereocenters. The Labute approximate surface area is 127 Å². The topological polar surface area (TPSA) is 42.0 Å². The third-order valence-electron chi connectivity index (χ3n) is 3.08. The minimum absolute atomic E-state index is 0.0355. The van der Waals surface area contributed by atoms with Crippen LogP contribution in [0.25, 0.3) is 0 Å². The van der Waals surface area contributed by atoms with E-state index in [4.69, 9.17) is 0 Å². The third kappa shape index (κ3) is 3.45. The molecule has 1 N–H and O–H groups in total. The molecule has 3 nitrogen and oxygen atoms in total. The van der Waals surface area contributed by atoms with Gasteiger partial charge in [-0.05, 0) is 44.5 Å². The second-order valence-corrected chi connectivity index (χ2v) is 5.72. The molecule has 1 aromatic carbocycles. The van der Waals surface area contributed by atoms with E-state index in [1.165, 1.54) is 0 Å². The number of hydrogen-bond acceptors (Lipinski definition) is 3. The molecule has 0 amide bonds. The zero-order valence-electron chi connectivity index (χ0n) is 11.8. The molecule has 0 unspecified atom stereocenters. The van der Waals surface area contributed by atoms with Crippen LogP contribution < -0.4 is 5.32 Å². The maximum atomic E-state index is 11.8. The number of hydrogen-bond donors (Lipinski definition) is 1. The molecule has 1 heterocycles. The number of carbonyl (C=O) groups is 1. The van der Waals surface area contributed by atoms with Crippen molar-refractivity contribution in [2.75, 3.05) is 5.32 Å². The summed E-state index contributed by atoms with van der Waals surface area (Å²) in [6.45, 7) is 6.05. The minimum Gasteiger partial charge on any atom is -0.380 e. The molecule has 0 spiro atoms. The van der Waals surface area contributed by atoms with Gasteiger partial charge < -0.3 is 5.32 Å². The van der Waals surface area contributed by atoms with Gasteiger partial charge in [0.05, 0.1) is 11.3 Å². The van der Waals surface area contributed by atoms with Crippen LogP contribution in [0, 0.1) is 13.8 Å². The standard InChI is InChI=1S/C16H17BrN2O/c1-10-8-15(16(12(3)20)11(2)19-10)18-9-13-4-6-14(17)7-5-13/h4-8H,9H2,1-3H3,(H,18,19). The Hall–Kier alpha value is -1.68. The summed E-state index contributed by atoms with van der Waals surface area (Å²) in [6.07, 6.45) is 0. The maximum absolute atomic E-state index is 11.8. The van der Waals surface area contributed by atoms with Crippen molar-refractivity contribution in [3.05, 3.63) is 57.3 Å². The molecule has 0 fully saturated rings. The van der Waals surface area contributed by atoms with Crippen LogP contribution in [0.4, 0.5) is 5.69 Å². The van der Waals surface area contributed by atoms with Crippen molar-refractivity contribution in [3.63, 3.8) is 0 Å². The number of carbonyl (C=O) groups excluding carboxylic acids is 1. The summed E-state index contributed by atoms with van der Waals surface area (Å²) in [5.41, 5.74) is 4.37. The highest BCUT2D eigenvalue weighted by Gasteiger charge is 2.12. The molecule has 4 heteroatoms. The molecule has 0 aliphatic rings. The Balaban J connectivity index is 2.24. The minimum atomic E-state index is 0.0355. The zero-order chi connectivity index (χ0) is 14.7. The van der Waals surface area contributed by atoms with Crippen molar-refractivity contribution in [1.82, 2.24) is 4.98 Å². The summed E-state index contributed by atoms with van der Waals surface area (Å²) in [5, 5.41) is 3.34. The number of aryl methyl sites for hydroxylation is 2. The lowest BCUT2D eigenvalue weighted by atomic mass is 10.1. The van der Waals surface area contributed by atoms with E-state index in [-0.39, 0.29) is 5.78 Å². The van der Waals surface area contributed by atoms with Gasteiger partial charge in [0, 0.05) is 22.4 Å². The molecule has 0 saturated heterocycles. The van der Waals surface area contributed by atoms with Gasteiger partial charge in [0.1, 0.15) is 0 Å². The van der Waals surface area contributed by atoms with Crippen molar-refractivity contribution in [3.8, 4) is 0 Å². The number of ketones is 1. The SMILES string of the molecule is CC(=O)c1c(NCc2ccc(Br)cc2)cc(C)nc1C. The number of nitrogens with zero attached hydrogens (tertiary/aromatic N) is 1. The smallest absolute Gasteiger partial charge is 0.163 e. The quantitative estimate of drug-likeness (QED) is 0.850. The van der Waals surface area contributed by atoms with E-state index in [0.29, 0.717) is 12.1 Å². The first-order valence-electron chi connectivity index (χ1n) is 6.45. The summed E-state index contributed by atoms with van der Waals surface area (Å²) in [5.74, 6) is 0.0355. The first kappa shape index (κ1) is 14.7. The normalized spacial score (nSPS) is 10.4. The second kappa shape index (κ2) is 6.18. The van der Waals surface area contributed by atoms with Crippen LogP contribution in [0.3, 0.4) is 0 Å². The van der Waals surface area contributed by atoms with Crippen molar-refractivity contribution in [2.24, 2.45) is 0 Å². The molecule has 104 valence electrons. The summed E-state index contributed by atoms with van der Waals surface area (Å²) in [7, 11) is 0. The van der Waals surface area contributed by atoms with E-state index < -0.39 is 0 Å². The van der Waals surface area contributed by atoms with Crippen LogP contribution in [0.1, 0.15) is 34.2 Å². The molecule has 0 aliphatic heterocycles. The van der Waals surface area contributed by atoms with Gasteiger partial charge in [0.25, 0.3) is 0 Å². The van der Waals surface area contributed by atoms with Crippen molar-refractivity contribution >= 4 is 27.4 Å². The summed E-state index contributed by atoms with van der Waals surface area (Å²) >= 11 is 3.42. The van der Waals surface area contributed by atoms with Crippen LogP contribution in [0.5, 0.6) is 0 Å². The largest absolute Gasteiger partial charge is 0.380 e. The zero-order valence-corrected chi connectivity index (χ0v) is 13.4. The van der Waals surface area contributed by atoms with Gasteiger partial charge in [-0.2, -0.15) is 0 Å². The van der Waals surface area contributed by atoms with Crippen LogP contribution in [-0.2, 0) is 6.54 Å². The van der Waals surface area contributed by atoms with Gasteiger partial charge in [0.2, 0.25) is 0 Å². The molecule has 1 aromatic heterocycles. The first-order chi connectivity index (χ1) is 9.47. The van der Waals surface area contributed by atoms with Gasteiger partial charge in [-0.25, -0.2) is 0 Å². The Morgan fingerprint density at radius 1 is 1.25 bits per heavy atom. The van der Waals surface area contributed by atoms with Crippen LogP contribution >= 0.6 is 15.9 Å². The molecule has 2 aromatic rings. The maximum Gasteiger partial charge on any atom is 0.163 e. The fraction of sp³-hybridized carbons (Fsp3) is 0.250. The number of halogens is 1. The fourth-order valence-electron chi connectivity index (χ4n) is 2.21. The number of nitrogens with one attached hydrogen (secondary N) is 1. The Morgan fingerprint density at radius 2 is 1.90 bits per heavy atom. The van der Waals surface area contributed by atoms with Crippen LogP contribution in [0.15, 0.2) is 34.8 Å². The predicted molar refractivity (Wildman–Crippen MR) is 85.2 cm³/mol. The van der Waals surface area contributed by atoms with E-state index in [2.05, 4.69) is 26.2 Å². The Morgan fingerprint density at radius 3 is 2.50 bits per heavy atom. The van der Waals surface area contributed by atoms with E-state index in [1.807, 2.05) is 44.2 Å². The lowest BCUT2D eigenvalue weighted by Crippen LogP contribution is -2.09. The summed E-state index contributed by atoms with van der Waals surface area (Å²) < 4.78 is 1.06. The Bertz CT molecular complexity index is 636. The number of rotatable bonds is 4. The molecule has 20 heavy (non-hydrogen) atoms. The predicted octanol–water partition coefficient (Wildman–Crippen LogP) is 4.28. The van der Waals surface area contributed by atoms with E-state index in [9.17, 15) is 4.79 Å². The van der Waals surface area contributed by atoms with Crippen molar-refractivity contribution < 1.29 is 4.79 Å². The third-order valence-corrected chi connectivity index (χ3v) is 3.61. The monoisotopic (exact) mass is 332 g/mol. The number of Topliss-reactive ketones (excluding diaryl/α,β-unsaturated/α-hetero) is 1. The number of benzene rings is 1. The summed E-state index contributed by atoms with van der Waals surface area (Å²) in [6, 6.07) is 10.0. The highest BCUT2D eigenvalue weighted by atomic mass is 79.9. The molecule has 0 radical (unpaired) electrons. The molecular formula is C16H17BrN2O. The summed E-state index contributed by atoms with van der Waals surface area (Å²) in [4.78, 5) is 16.1. The fourth-order valence-corrected chi connectivity index (χ4v) is 2.48. The molecule has 0 saturated carbocycles. The number of aromatic nitrogens is 1. The Kier molecular flexibility index (Phi) is 4.55. The van der Waals surface area contributed by atoms with Crippen molar-refractivity contribution in [2.45, 2.75) is 27.3 Å². The van der Waals surface area contributed by atoms with Crippen molar-refractivity contribution in [1.29, 1.82) is 0 Å². The van der Waals surface area contributed by atoms with E-state index in [1.54, 1.807) is 6.92 Å². The van der Waals surface area contributed by atoms with E-state index in [0.717, 1.165) is 27.1 Å². The van der Waals surface area contributed by atoms with Crippen LogP contribution in [-0.4, -0.2) is 10.8 Å².